The standard InChI is InChI=1S/C21H22ClFN4O4/c22-15-4-3-13(5-16(15)23)30-8-17(28)27-21-9-20(10-21,11-21)18(19(25)29)31-14-2-1-12(6-24)26-7-14/h1-5,7,18H,6,8-11,24H2,(H2,25,29)(H,27,28). The molecular formula is C21H22ClFN4O4. The number of nitrogens with one attached hydrogen (secondary N) is 1. The van der Waals surface area contributed by atoms with Crippen LogP contribution < -0.4 is 26.3 Å². The number of nitrogens with two attached hydrogens (primary N) is 2. The molecule has 2 amide bonds. The molecule has 0 aliphatic heterocycles. The first-order valence-electron chi connectivity index (χ1n) is 9.74. The number of primary amides is 1. The molecule has 31 heavy (non-hydrogen) atoms. The first-order chi connectivity index (χ1) is 14.7. The van der Waals surface area contributed by atoms with Crippen molar-refractivity contribution in [2.45, 2.75) is 37.5 Å². The second-order valence-corrected chi connectivity index (χ2v) is 8.58. The van der Waals surface area contributed by atoms with Gasteiger partial charge in [0.05, 0.1) is 16.9 Å². The van der Waals surface area contributed by atoms with Gasteiger partial charge in [-0.2, -0.15) is 0 Å². The Labute approximate surface area is 183 Å². The molecule has 2 aromatic rings. The maximum Gasteiger partial charge on any atom is 0.259 e. The second-order valence-electron chi connectivity index (χ2n) is 8.18. The summed E-state index contributed by atoms with van der Waals surface area (Å²) in [5.74, 6) is -0.862. The monoisotopic (exact) mass is 448 g/mol. The lowest BCUT2D eigenvalue weighted by Gasteiger charge is -2.71. The van der Waals surface area contributed by atoms with E-state index < -0.39 is 28.8 Å². The molecule has 3 aliphatic rings. The van der Waals surface area contributed by atoms with E-state index in [4.69, 9.17) is 32.5 Å². The van der Waals surface area contributed by atoms with Crippen LogP contribution in [0.2, 0.25) is 5.02 Å². The van der Waals surface area contributed by atoms with Crippen LogP contribution in [0.15, 0.2) is 36.5 Å². The van der Waals surface area contributed by atoms with E-state index in [1.54, 1.807) is 12.1 Å². The van der Waals surface area contributed by atoms with Gasteiger partial charge in [0.2, 0.25) is 0 Å². The molecule has 0 spiro atoms. The Bertz CT molecular complexity index is 997. The van der Waals surface area contributed by atoms with E-state index in [0.29, 0.717) is 37.3 Å². The minimum absolute atomic E-state index is 0.0201. The van der Waals surface area contributed by atoms with Crippen LogP contribution in [-0.2, 0) is 16.1 Å². The summed E-state index contributed by atoms with van der Waals surface area (Å²) < 4.78 is 24.6. The molecule has 0 saturated heterocycles. The summed E-state index contributed by atoms with van der Waals surface area (Å²) in [4.78, 5) is 28.5. The molecule has 5 rings (SSSR count). The molecular weight excluding hydrogens is 427 g/mol. The van der Waals surface area contributed by atoms with Crippen molar-refractivity contribution in [3.05, 3.63) is 53.1 Å². The summed E-state index contributed by atoms with van der Waals surface area (Å²) in [6.45, 7) is 0.0487. The van der Waals surface area contributed by atoms with E-state index >= 15 is 0 Å². The number of nitrogens with zero attached hydrogens (tertiary/aromatic N) is 1. The van der Waals surface area contributed by atoms with Gasteiger partial charge in [-0.1, -0.05) is 11.6 Å². The van der Waals surface area contributed by atoms with Crippen LogP contribution in [0.4, 0.5) is 4.39 Å². The molecule has 1 unspecified atom stereocenters. The Balaban J connectivity index is 1.30. The van der Waals surface area contributed by atoms with Crippen molar-refractivity contribution in [1.82, 2.24) is 10.3 Å². The van der Waals surface area contributed by atoms with E-state index in [0.717, 1.165) is 6.07 Å². The first-order valence-corrected chi connectivity index (χ1v) is 10.1. The third kappa shape index (κ3) is 4.15. The topological polar surface area (TPSA) is 130 Å². The van der Waals surface area contributed by atoms with Crippen LogP contribution in [0.3, 0.4) is 0 Å². The molecule has 3 saturated carbocycles. The number of hydrogen-bond acceptors (Lipinski definition) is 6. The predicted octanol–water partition coefficient (Wildman–Crippen LogP) is 1.68. The maximum atomic E-state index is 13.5. The molecule has 1 atom stereocenters. The van der Waals surface area contributed by atoms with Crippen molar-refractivity contribution in [2.75, 3.05) is 6.61 Å². The number of carbonyl (C=O) groups excluding carboxylic acids is 2. The third-order valence-corrected chi connectivity index (χ3v) is 6.12. The second kappa shape index (κ2) is 7.97. The molecule has 3 aliphatic carbocycles. The highest BCUT2D eigenvalue weighted by Gasteiger charge is 2.73. The van der Waals surface area contributed by atoms with E-state index in [1.807, 2.05) is 0 Å². The normalized spacial score (nSPS) is 24.4. The lowest BCUT2D eigenvalue weighted by atomic mass is 9.37. The van der Waals surface area contributed by atoms with Gasteiger partial charge in [-0.3, -0.25) is 14.6 Å². The van der Waals surface area contributed by atoms with Crippen LogP contribution in [0.1, 0.15) is 25.0 Å². The van der Waals surface area contributed by atoms with Crippen molar-refractivity contribution in [2.24, 2.45) is 16.9 Å². The van der Waals surface area contributed by atoms with Crippen molar-refractivity contribution in [1.29, 1.82) is 0 Å². The highest BCUT2D eigenvalue weighted by molar-refractivity contribution is 6.30. The van der Waals surface area contributed by atoms with E-state index in [2.05, 4.69) is 10.3 Å². The summed E-state index contributed by atoms with van der Waals surface area (Å²) in [7, 11) is 0. The van der Waals surface area contributed by atoms with E-state index in [1.165, 1.54) is 18.3 Å². The van der Waals surface area contributed by atoms with Gasteiger partial charge in [-0.25, -0.2) is 4.39 Å². The Hall–Kier alpha value is -2.91. The molecule has 1 heterocycles. The number of ether oxygens (including phenoxy) is 2. The molecule has 10 heteroatoms. The van der Waals surface area contributed by atoms with Gasteiger partial charge < -0.3 is 26.3 Å². The van der Waals surface area contributed by atoms with Gasteiger partial charge in [0.1, 0.15) is 17.3 Å². The Morgan fingerprint density at radius 1 is 1.23 bits per heavy atom. The van der Waals surface area contributed by atoms with Gasteiger partial charge in [0, 0.05) is 23.6 Å². The zero-order chi connectivity index (χ0) is 22.2. The summed E-state index contributed by atoms with van der Waals surface area (Å²) in [6.07, 6.45) is 2.42. The summed E-state index contributed by atoms with van der Waals surface area (Å²) in [5.41, 5.74) is 11.0. The van der Waals surface area contributed by atoms with Crippen LogP contribution in [0.5, 0.6) is 11.5 Å². The zero-order valence-electron chi connectivity index (χ0n) is 16.6. The van der Waals surface area contributed by atoms with Gasteiger partial charge in [0.25, 0.3) is 11.8 Å². The lowest BCUT2D eigenvalue weighted by Crippen LogP contribution is -2.80. The van der Waals surface area contributed by atoms with Gasteiger partial charge in [-0.05, 0) is 43.5 Å². The summed E-state index contributed by atoms with van der Waals surface area (Å²) in [5, 5.41) is 2.91. The summed E-state index contributed by atoms with van der Waals surface area (Å²) in [6, 6.07) is 7.39. The molecule has 1 aromatic carbocycles. The molecule has 0 radical (unpaired) electrons. The van der Waals surface area contributed by atoms with Crippen LogP contribution in [-0.4, -0.2) is 35.0 Å². The predicted molar refractivity (Wildman–Crippen MR) is 110 cm³/mol. The molecule has 8 nitrogen and oxygen atoms in total. The minimum atomic E-state index is -0.815. The number of pyridine rings is 1. The third-order valence-electron chi connectivity index (χ3n) is 5.81. The number of benzene rings is 1. The highest BCUT2D eigenvalue weighted by Crippen LogP contribution is 2.69. The maximum absolute atomic E-state index is 13.5. The quantitative estimate of drug-likeness (QED) is 0.535. The number of aromatic nitrogens is 1. The SMILES string of the molecule is NCc1ccc(OC(C(N)=O)C23CC(NC(=O)COc4ccc(Cl)c(F)c4)(C2)C3)cn1. The molecule has 5 N–H and O–H groups in total. The first kappa shape index (κ1) is 21.3. The largest absolute Gasteiger partial charge is 0.484 e. The van der Waals surface area contributed by atoms with Crippen LogP contribution in [0.25, 0.3) is 0 Å². The van der Waals surface area contributed by atoms with Gasteiger partial charge >= 0.3 is 0 Å². The average Bonchev–Trinajstić information content (AvgIpc) is 2.69. The van der Waals surface area contributed by atoms with Gasteiger partial charge in [-0.15, -0.1) is 0 Å². The fourth-order valence-electron chi connectivity index (χ4n) is 4.55. The van der Waals surface area contributed by atoms with Crippen LogP contribution >= 0.6 is 11.6 Å². The fourth-order valence-corrected chi connectivity index (χ4v) is 4.66. The molecule has 2 bridgehead atoms. The Morgan fingerprint density at radius 3 is 2.52 bits per heavy atom. The minimum Gasteiger partial charge on any atom is -0.484 e. The van der Waals surface area contributed by atoms with Crippen molar-refractivity contribution in [3.8, 4) is 11.5 Å². The smallest absolute Gasteiger partial charge is 0.259 e. The van der Waals surface area contributed by atoms with Gasteiger partial charge in [0.15, 0.2) is 12.7 Å². The number of hydrogen-bond donors (Lipinski definition) is 3. The van der Waals surface area contributed by atoms with E-state index in [9.17, 15) is 14.0 Å². The highest BCUT2D eigenvalue weighted by atomic mass is 35.5. The average molecular weight is 449 g/mol. The van der Waals surface area contributed by atoms with Crippen LogP contribution in [0, 0.1) is 11.2 Å². The Morgan fingerprint density at radius 2 is 1.94 bits per heavy atom. The number of rotatable bonds is 9. The van der Waals surface area contributed by atoms with E-state index in [-0.39, 0.29) is 23.3 Å². The summed E-state index contributed by atoms with van der Waals surface area (Å²) >= 11 is 5.63. The zero-order valence-corrected chi connectivity index (χ0v) is 17.3. The van der Waals surface area contributed by atoms with Crippen molar-refractivity contribution in [3.63, 3.8) is 0 Å². The Kier molecular flexibility index (Phi) is 5.49. The fraction of sp³-hybridized carbons (Fsp3) is 0.381. The number of halogens is 2. The molecule has 3 fully saturated rings. The lowest BCUT2D eigenvalue weighted by molar-refractivity contribution is -0.208. The number of amides is 2. The molecule has 164 valence electrons. The van der Waals surface area contributed by atoms with Crippen molar-refractivity contribution >= 4 is 23.4 Å². The van der Waals surface area contributed by atoms with Crippen molar-refractivity contribution < 1.29 is 23.5 Å². The molecule has 1 aromatic heterocycles. The number of carbonyl (C=O) groups is 2.